The Hall–Kier alpha value is -1.72. The Bertz CT molecular complexity index is 473. The van der Waals surface area contributed by atoms with Crippen molar-refractivity contribution >= 4 is 23.5 Å². The largest absolute Gasteiger partial charge is 0.469 e. The number of rotatable bonds is 14. The van der Waals surface area contributed by atoms with Crippen molar-refractivity contribution < 1.29 is 28.7 Å². The van der Waals surface area contributed by atoms with Crippen LogP contribution in [0.25, 0.3) is 0 Å². The van der Waals surface area contributed by atoms with E-state index in [-0.39, 0.29) is 47.2 Å². The highest BCUT2D eigenvalue weighted by Crippen LogP contribution is 2.29. The summed E-state index contributed by atoms with van der Waals surface area (Å²) in [4.78, 5) is 46.8. The summed E-state index contributed by atoms with van der Waals surface area (Å²) in [5.41, 5.74) is -0.548. The van der Waals surface area contributed by atoms with Gasteiger partial charge in [-0.2, -0.15) is 0 Å². The summed E-state index contributed by atoms with van der Waals surface area (Å²) >= 11 is 0. The van der Waals surface area contributed by atoms with Crippen LogP contribution in [0.2, 0.25) is 0 Å². The lowest BCUT2D eigenvalue weighted by Crippen LogP contribution is -2.20. The minimum atomic E-state index is -0.274. The molecule has 0 aliphatic heterocycles. The Labute approximate surface area is 163 Å². The molecular weight excluding hydrogens is 348 g/mol. The van der Waals surface area contributed by atoms with Crippen LogP contribution in [-0.2, 0) is 28.7 Å². The molecule has 156 valence electrons. The summed E-state index contributed by atoms with van der Waals surface area (Å²) in [6.45, 7) is 7.77. The monoisotopic (exact) mass is 384 g/mol. The fourth-order valence-corrected chi connectivity index (χ4v) is 2.79. The lowest BCUT2D eigenvalue weighted by molar-refractivity contribution is -0.144. The van der Waals surface area contributed by atoms with Gasteiger partial charge >= 0.3 is 11.9 Å². The Morgan fingerprint density at radius 3 is 1.26 bits per heavy atom. The highest BCUT2D eigenvalue weighted by molar-refractivity contribution is 5.81. The van der Waals surface area contributed by atoms with Gasteiger partial charge in [0, 0.05) is 25.7 Å². The van der Waals surface area contributed by atoms with Gasteiger partial charge in [0.15, 0.2) is 0 Å². The van der Waals surface area contributed by atoms with E-state index in [0.29, 0.717) is 44.9 Å². The molecular formula is C21H36O6. The second-order valence-electron chi connectivity index (χ2n) is 8.77. The molecule has 0 aromatic heterocycles. The Balaban J connectivity index is 4.05. The number of hydrogen-bond acceptors (Lipinski definition) is 6. The molecule has 0 rings (SSSR count). The first-order valence-corrected chi connectivity index (χ1v) is 9.58. The van der Waals surface area contributed by atoms with E-state index in [0.717, 1.165) is 0 Å². The van der Waals surface area contributed by atoms with Gasteiger partial charge in [-0.15, -0.1) is 0 Å². The maximum Gasteiger partial charge on any atom is 0.306 e. The molecule has 0 atom stereocenters. The minimum Gasteiger partial charge on any atom is -0.469 e. The van der Waals surface area contributed by atoms with Gasteiger partial charge in [0.25, 0.3) is 0 Å². The first-order valence-electron chi connectivity index (χ1n) is 9.58. The molecule has 0 saturated heterocycles. The molecule has 0 unspecified atom stereocenters. The third-order valence-electron chi connectivity index (χ3n) is 4.77. The van der Waals surface area contributed by atoms with Gasteiger partial charge in [-0.05, 0) is 30.1 Å². The van der Waals surface area contributed by atoms with Crippen LogP contribution in [0, 0.1) is 10.8 Å². The van der Waals surface area contributed by atoms with E-state index >= 15 is 0 Å². The van der Waals surface area contributed by atoms with Crippen molar-refractivity contribution in [2.24, 2.45) is 10.8 Å². The Morgan fingerprint density at radius 1 is 0.630 bits per heavy atom. The van der Waals surface area contributed by atoms with Crippen LogP contribution < -0.4 is 0 Å². The number of carbonyl (C=O) groups is 4. The van der Waals surface area contributed by atoms with Crippen molar-refractivity contribution in [1.29, 1.82) is 0 Å². The fourth-order valence-electron chi connectivity index (χ4n) is 2.79. The molecule has 6 nitrogen and oxygen atoms in total. The zero-order chi connectivity index (χ0) is 21.1. The summed E-state index contributed by atoms with van der Waals surface area (Å²) < 4.78 is 9.34. The molecule has 27 heavy (non-hydrogen) atoms. The van der Waals surface area contributed by atoms with E-state index in [9.17, 15) is 19.2 Å². The van der Waals surface area contributed by atoms with E-state index in [1.54, 1.807) is 0 Å². The first-order chi connectivity index (χ1) is 12.4. The van der Waals surface area contributed by atoms with E-state index in [2.05, 4.69) is 9.47 Å². The van der Waals surface area contributed by atoms with Crippen LogP contribution in [-0.4, -0.2) is 37.7 Å². The van der Waals surface area contributed by atoms with Crippen molar-refractivity contribution in [2.75, 3.05) is 14.2 Å². The van der Waals surface area contributed by atoms with Crippen molar-refractivity contribution in [2.45, 2.75) is 85.5 Å². The zero-order valence-corrected chi connectivity index (χ0v) is 17.8. The molecule has 0 aliphatic carbocycles. The third kappa shape index (κ3) is 13.1. The maximum atomic E-state index is 12.0. The molecule has 0 N–H and O–H groups in total. The number of ether oxygens (including phenoxy) is 2. The summed E-state index contributed by atoms with van der Waals surface area (Å²) in [6.07, 6.45) is 3.94. The number of Topliss-reactive ketones (excluding diaryl/α,β-unsaturated/α-hetero) is 2. The standard InChI is InChI=1S/C21H36O6/c1-20(2,14-18(24)26-5)12-10-16(22)8-7-9-17(23)11-13-21(3,4)15-19(25)27-6/h7-15H2,1-6H3. The predicted molar refractivity (Wildman–Crippen MR) is 103 cm³/mol. The summed E-state index contributed by atoms with van der Waals surface area (Å²) in [6, 6.07) is 0. The molecule has 0 bridgehead atoms. The van der Waals surface area contributed by atoms with Crippen LogP contribution in [0.5, 0.6) is 0 Å². The molecule has 0 spiro atoms. The van der Waals surface area contributed by atoms with Crippen molar-refractivity contribution in [3.63, 3.8) is 0 Å². The molecule has 0 fully saturated rings. The minimum absolute atomic E-state index is 0.117. The quantitative estimate of drug-likeness (QED) is 0.420. The average Bonchev–Trinajstić information content (AvgIpc) is 2.57. The van der Waals surface area contributed by atoms with E-state index < -0.39 is 0 Å². The van der Waals surface area contributed by atoms with Crippen LogP contribution in [0.1, 0.15) is 85.5 Å². The highest BCUT2D eigenvalue weighted by atomic mass is 16.5. The molecule has 0 amide bonds. The fraction of sp³-hybridized carbons (Fsp3) is 0.810. The van der Waals surface area contributed by atoms with Gasteiger partial charge in [0.05, 0.1) is 27.1 Å². The SMILES string of the molecule is COC(=O)CC(C)(C)CCC(=O)CCCC(=O)CCC(C)(C)CC(=O)OC. The summed E-state index contributed by atoms with van der Waals surface area (Å²) in [7, 11) is 2.72. The van der Waals surface area contributed by atoms with Crippen molar-refractivity contribution in [3.8, 4) is 0 Å². The van der Waals surface area contributed by atoms with Gasteiger partial charge in [-0.1, -0.05) is 27.7 Å². The molecule has 0 heterocycles. The van der Waals surface area contributed by atoms with Crippen LogP contribution in [0.4, 0.5) is 0 Å². The van der Waals surface area contributed by atoms with Gasteiger partial charge in [0.1, 0.15) is 11.6 Å². The normalized spacial score (nSPS) is 11.8. The second-order valence-corrected chi connectivity index (χ2v) is 8.77. The lowest BCUT2D eigenvalue weighted by atomic mass is 9.83. The van der Waals surface area contributed by atoms with Gasteiger partial charge in [-0.25, -0.2) is 0 Å². The number of carbonyl (C=O) groups excluding carboxylic acids is 4. The molecule has 0 aromatic rings. The van der Waals surface area contributed by atoms with E-state index in [1.807, 2.05) is 27.7 Å². The van der Waals surface area contributed by atoms with Gasteiger partial charge in [0.2, 0.25) is 0 Å². The number of ketones is 2. The lowest BCUT2D eigenvalue weighted by Gasteiger charge is -2.22. The van der Waals surface area contributed by atoms with Crippen molar-refractivity contribution in [1.82, 2.24) is 0 Å². The molecule has 0 aromatic carbocycles. The van der Waals surface area contributed by atoms with E-state index in [4.69, 9.17) is 0 Å². The zero-order valence-electron chi connectivity index (χ0n) is 17.8. The molecule has 6 heteroatoms. The van der Waals surface area contributed by atoms with Crippen LogP contribution >= 0.6 is 0 Å². The predicted octanol–water partition coefficient (Wildman–Crippen LogP) is 4.03. The van der Waals surface area contributed by atoms with Crippen LogP contribution in [0.15, 0.2) is 0 Å². The van der Waals surface area contributed by atoms with Crippen molar-refractivity contribution in [3.05, 3.63) is 0 Å². The third-order valence-corrected chi connectivity index (χ3v) is 4.77. The molecule has 0 saturated carbocycles. The summed E-state index contributed by atoms with van der Waals surface area (Å²) in [5.74, 6) is -0.306. The number of hydrogen-bond donors (Lipinski definition) is 0. The Kier molecular flexibility index (Phi) is 11.1. The van der Waals surface area contributed by atoms with E-state index in [1.165, 1.54) is 14.2 Å². The smallest absolute Gasteiger partial charge is 0.306 e. The Morgan fingerprint density at radius 2 is 0.963 bits per heavy atom. The maximum absolute atomic E-state index is 12.0. The summed E-state index contributed by atoms with van der Waals surface area (Å²) in [5, 5.41) is 0. The number of methoxy groups -OCH3 is 2. The molecule has 0 radical (unpaired) electrons. The molecule has 0 aliphatic rings. The first kappa shape index (κ1) is 25.3. The van der Waals surface area contributed by atoms with Gasteiger partial charge < -0.3 is 9.47 Å². The van der Waals surface area contributed by atoms with Gasteiger partial charge in [-0.3, -0.25) is 19.2 Å². The second kappa shape index (κ2) is 11.9. The average molecular weight is 385 g/mol. The highest BCUT2D eigenvalue weighted by Gasteiger charge is 2.24. The van der Waals surface area contributed by atoms with Crippen LogP contribution in [0.3, 0.4) is 0 Å². The number of esters is 2. The topological polar surface area (TPSA) is 86.7 Å².